The van der Waals surface area contributed by atoms with Crippen LogP contribution in [0.4, 0.5) is 0 Å². The van der Waals surface area contributed by atoms with E-state index < -0.39 is 0 Å². The third-order valence-electron chi connectivity index (χ3n) is 3.64. The topological polar surface area (TPSA) is 35.0 Å². The lowest BCUT2D eigenvalue weighted by Gasteiger charge is -2.15. The van der Waals surface area contributed by atoms with E-state index in [0.29, 0.717) is 6.01 Å². The molecule has 0 unspecified atom stereocenters. The second kappa shape index (κ2) is 5.00. The van der Waals surface area contributed by atoms with E-state index in [9.17, 15) is 0 Å². The summed E-state index contributed by atoms with van der Waals surface area (Å²) in [5.74, 6) is 0. The summed E-state index contributed by atoms with van der Waals surface area (Å²) in [6.07, 6.45) is 0. The van der Waals surface area contributed by atoms with Crippen molar-refractivity contribution in [2.45, 2.75) is 34.6 Å². The number of aryl methyl sites for hydroxylation is 3. The number of aromatic nitrogens is 2. The van der Waals surface area contributed by atoms with Gasteiger partial charge in [0, 0.05) is 11.3 Å². The van der Waals surface area contributed by atoms with Gasteiger partial charge in [0.25, 0.3) is 0 Å². The first-order valence-electron chi connectivity index (χ1n) is 6.41. The highest BCUT2D eigenvalue weighted by Gasteiger charge is 2.13. The van der Waals surface area contributed by atoms with Crippen LogP contribution < -0.4 is 4.74 Å². The number of ether oxygens (including phenoxy) is 1. The van der Waals surface area contributed by atoms with E-state index >= 15 is 0 Å². The summed E-state index contributed by atoms with van der Waals surface area (Å²) in [5, 5.41) is 0. The van der Waals surface area contributed by atoms with Gasteiger partial charge in [0.2, 0.25) is 0 Å². The Morgan fingerprint density at radius 2 is 1.42 bits per heavy atom. The van der Waals surface area contributed by atoms with Crippen molar-refractivity contribution in [2.24, 2.45) is 0 Å². The first-order valence-corrected chi connectivity index (χ1v) is 6.41. The highest BCUT2D eigenvalue weighted by atomic mass is 16.5. The molecule has 19 heavy (non-hydrogen) atoms. The predicted molar refractivity (Wildman–Crippen MR) is 77.7 cm³/mol. The lowest BCUT2D eigenvalue weighted by atomic mass is 9.92. The van der Waals surface area contributed by atoms with Crippen LogP contribution >= 0.6 is 0 Å². The van der Waals surface area contributed by atoms with Gasteiger partial charge in [-0.05, 0) is 62.9 Å². The zero-order valence-corrected chi connectivity index (χ0v) is 12.5. The molecule has 0 saturated heterocycles. The molecule has 1 aromatic carbocycles. The van der Waals surface area contributed by atoms with Crippen molar-refractivity contribution in [1.29, 1.82) is 0 Å². The molecule has 100 valence electrons. The Bertz CT molecular complexity index is 607. The van der Waals surface area contributed by atoms with Crippen molar-refractivity contribution in [3.8, 4) is 17.3 Å². The molecule has 1 heterocycles. The molecule has 0 radical (unpaired) electrons. The minimum atomic E-state index is 0.424. The summed E-state index contributed by atoms with van der Waals surface area (Å²) in [7, 11) is 1.60. The Morgan fingerprint density at radius 1 is 0.842 bits per heavy atom. The number of benzene rings is 1. The second-order valence-electron chi connectivity index (χ2n) is 5.02. The van der Waals surface area contributed by atoms with Gasteiger partial charge in [0.15, 0.2) is 0 Å². The van der Waals surface area contributed by atoms with Gasteiger partial charge in [0.1, 0.15) is 0 Å². The highest BCUT2D eigenvalue weighted by molar-refractivity contribution is 5.71. The maximum Gasteiger partial charge on any atom is 0.316 e. The molecule has 0 aliphatic heterocycles. The summed E-state index contributed by atoms with van der Waals surface area (Å²) in [6, 6.07) is 4.66. The van der Waals surface area contributed by atoms with Gasteiger partial charge >= 0.3 is 6.01 Å². The molecule has 0 amide bonds. The number of methoxy groups -OCH3 is 1. The van der Waals surface area contributed by atoms with E-state index in [4.69, 9.17) is 4.74 Å². The Morgan fingerprint density at radius 3 is 1.95 bits per heavy atom. The molecule has 2 rings (SSSR count). The molecule has 3 heteroatoms. The Balaban J connectivity index is 2.75. The first-order chi connectivity index (χ1) is 8.93. The van der Waals surface area contributed by atoms with E-state index in [-0.39, 0.29) is 0 Å². The molecule has 2 aromatic rings. The lowest BCUT2D eigenvalue weighted by Crippen LogP contribution is -2.00. The smallest absolute Gasteiger partial charge is 0.316 e. The summed E-state index contributed by atoms with van der Waals surface area (Å²) in [4.78, 5) is 8.74. The van der Waals surface area contributed by atoms with Crippen LogP contribution in [0.2, 0.25) is 0 Å². The molecule has 0 spiro atoms. The molecule has 0 N–H and O–H groups in total. The van der Waals surface area contributed by atoms with E-state index in [1.807, 2.05) is 13.0 Å². The molecule has 0 atom stereocenters. The first kappa shape index (κ1) is 13.5. The van der Waals surface area contributed by atoms with Crippen LogP contribution in [0.1, 0.15) is 27.9 Å². The summed E-state index contributed by atoms with van der Waals surface area (Å²) >= 11 is 0. The van der Waals surface area contributed by atoms with Gasteiger partial charge in [-0.1, -0.05) is 6.07 Å². The van der Waals surface area contributed by atoms with Crippen molar-refractivity contribution >= 4 is 0 Å². The number of hydrogen-bond acceptors (Lipinski definition) is 3. The van der Waals surface area contributed by atoms with Crippen molar-refractivity contribution in [2.75, 3.05) is 7.11 Å². The van der Waals surface area contributed by atoms with Crippen molar-refractivity contribution < 1.29 is 4.74 Å². The third-order valence-corrected chi connectivity index (χ3v) is 3.64. The van der Waals surface area contributed by atoms with Gasteiger partial charge in [-0.2, -0.15) is 4.98 Å². The molecule has 0 fully saturated rings. The average Bonchev–Trinajstić information content (AvgIpc) is 2.36. The number of rotatable bonds is 2. The SMILES string of the molecule is COc1nc(C)cc(-c2c(C)c(C)cc(C)c2C)n1. The van der Waals surface area contributed by atoms with Crippen LogP contribution in [0.3, 0.4) is 0 Å². The summed E-state index contributed by atoms with van der Waals surface area (Å²) < 4.78 is 5.18. The highest BCUT2D eigenvalue weighted by Crippen LogP contribution is 2.31. The van der Waals surface area contributed by atoms with Crippen molar-refractivity contribution in [1.82, 2.24) is 9.97 Å². The zero-order valence-electron chi connectivity index (χ0n) is 12.5. The van der Waals surface area contributed by atoms with Gasteiger partial charge in [0.05, 0.1) is 12.8 Å². The van der Waals surface area contributed by atoms with Crippen LogP contribution in [0.5, 0.6) is 6.01 Å². The minimum Gasteiger partial charge on any atom is -0.467 e. The fourth-order valence-electron chi connectivity index (χ4n) is 2.36. The summed E-state index contributed by atoms with van der Waals surface area (Å²) in [5.41, 5.74) is 8.15. The fourth-order valence-corrected chi connectivity index (χ4v) is 2.36. The van der Waals surface area contributed by atoms with E-state index in [0.717, 1.165) is 11.4 Å². The Hall–Kier alpha value is -1.90. The van der Waals surface area contributed by atoms with E-state index in [1.54, 1.807) is 7.11 Å². The van der Waals surface area contributed by atoms with Crippen molar-refractivity contribution in [3.05, 3.63) is 40.1 Å². The standard InChI is InChI=1S/C16H20N2O/c1-9-7-10(2)13(5)15(12(9)4)14-8-11(3)17-16(18-14)19-6/h7-8H,1-6H3. The third kappa shape index (κ3) is 2.46. The maximum absolute atomic E-state index is 5.18. The van der Waals surface area contributed by atoms with Crippen LogP contribution in [0, 0.1) is 34.6 Å². The van der Waals surface area contributed by atoms with E-state index in [1.165, 1.54) is 27.8 Å². The Kier molecular flexibility index (Phi) is 3.56. The number of hydrogen-bond donors (Lipinski definition) is 0. The molecule has 0 aliphatic carbocycles. The lowest BCUT2D eigenvalue weighted by molar-refractivity contribution is 0.379. The minimum absolute atomic E-state index is 0.424. The summed E-state index contributed by atoms with van der Waals surface area (Å²) in [6.45, 7) is 10.5. The van der Waals surface area contributed by atoms with Crippen LogP contribution in [-0.2, 0) is 0 Å². The average molecular weight is 256 g/mol. The normalized spacial score (nSPS) is 10.6. The molecule has 3 nitrogen and oxygen atoms in total. The zero-order chi connectivity index (χ0) is 14.2. The molecule has 1 aromatic heterocycles. The predicted octanol–water partition coefficient (Wildman–Crippen LogP) is 3.69. The fraction of sp³-hybridized carbons (Fsp3) is 0.375. The van der Waals surface area contributed by atoms with Gasteiger partial charge < -0.3 is 4.74 Å². The molecule has 0 aliphatic rings. The van der Waals surface area contributed by atoms with Crippen LogP contribution in [0.15, 0.2) is 12.1 Å². The van der Waals surface area contributed by atoms with Crippen LogP contribution in [-0.4, -0.2) is 17.1 Å². The molecule has 0 saturated carbocycles. The second-order valence-corrected chi connectivity index (χ2v) is 5.02. The molecule has 0 bridgehead atoms. The molecular formula is C16H20N2O. The monoisotopic (exact) mass is 256 g/mol. The molecular weight excluding hydrogens is 236 g/mol. The van der Waals surface area contributed by atoms with Crippen LogP contribution in [0.25, 0.3) is 11.3 Å². The number of nitrogens with zero attached hydrogens (tertiary/aromatic N) is 2. The quantitative estimate of drug-likeness (QED) is 0.822. The maximum atomic E-state index is 5.18. The van der Waals surface area contributed by atoms with Gasteiger partial charge in [-0.3, -0.25) is 0 Å². The van der Waals surface area contributed by atoms with Gasteiger partial charge in [-0.15, -0.1) is 0 Å². The Labute approximate surface area is 114 Å². The van der Waals surface area contributed by atoms with Gasteiger partial charge in [-0.25, -0.2) is 4.98 Å². The van der Waals surface area contributed by atoms with E-state index in [2.05, 4.69) is 43.7 Å². The largest absolute Gasteiger partial charge is 0.467 e. The van der Waals surface area contributed by atoms with Crippen molar-refractivity contribution in [3.63, 3.8) is 0 Å².